The SMILES string of the molecule is CCOc1c(N)cccc1C(=O)N1CC(O)(C(C)C)C1. The van der Waals surface area contributed by atoms with Gasteiger partial charge in [-0.05, 0) is 25.0 Å². The number of para-hydroxylation sites is 1. The standard InChI is InChI=1S/C15H22N2O3/c1-4-20-13-11(6-5-7-12(13)16)14(18)17-8-15(19,9-17)10(2)3/h5-7,10,19H,4,8-9,16H2,1-3H3. The number of hydrogen-bond acceptors (Lipinski definition) is 4. The molecule has 20 heavy (non-hydrogen) atoms. The molecule has 0 unspecified atom stereocenters. The van der Waals surface area contributed by atoms with Gasteiger partial charge < -0.3 is 20.5 Å². The van der Waals surface area contributed by atoms with Gasteiger partial charge in [-0.1, -0.05) is 19.9 Å². The Labute approximate surface area is 119 Å². The topological polar surface area (TPSA) is 75.8 Å². The molecule has 1 fully saturated rings. The average molecular weight is 278 g/mol. The van der Waals surface area contributed by atoms with E-state index in [4.69, 9.17) is 10.5 Å². The Bertz CT molecular complexity index is 508. The van der Waals surface area contributed by atoms with Crippen LogP contribution in [0.25, 0.3) is 0 Å². The molecule has 1 amide bonds. The van der Waals surface area contributed by atoms with Gasteiger partial charge in [-0.15, -0.1) is 0 Å². The molecule has 110 valence electrons. The fourth-order valence-electron chi connectivity index (χ4n) is 2.32. The third-order valence-corrected chi connectivity index (χ3v) is 3.86. The molecule has 1 saturated heterocycles. The molecule has 1 aliphatic rings. The smallest absolute Gasteiger partial charge is 0.257 e. The van der Waals surface area contributed by atoms with E-state index in [1.807, 2.05) is 20.8 Å². The molecule has 0 aromatic heterocycles. The number of benzene rings is 1. The van der Waals surface area contributed by atoms with Crippen LogP contribution in [0.2, 0.25) is 0 Å². The molecule has 0 bridgehead atoms. The summed E-state index contributed by atoms with van der Waals surface area (Å²) in [5, 5.41) is 10.2. The fraction of sp³-hybridized carbons (Fsp3) is 0.533. The van der Waals surface area contributed by atoms with Gasteiger partial charge in [0.25, 0.3) is 5.91 Å². The molecular formula is C15H22N2O3. The van der Waals surface area contributed by atoms with Crippen LogP contribution in [-0.2, 0) is 0 Å². The quantitative estimate of drug-likeness (QED) is 0.819. The van der Waals surface area contributed by atoms with Crippen molar-refractivity contribution in [3.63, 3.8) is 0 Å². The first-order chi connectivity index (χ1) is 9.39. The summed E-state index contributed by atoms with van der Waals surface area (Å²) >= 11 is 0. The van der Waals surface area contributed by atoms with Crippen LogP contribution in [0.4, 0.5) is 5.69 Å². The van der Waals surface area contributed by atoms with Crippen LogP contribution in [0, 0.1) is 5.92 Å². The van der Waals surface area contributed by atoms with Gasteiger partial charge in [-0.3, -0.25) is 4.79 Å². The number of hydrogen-bond donors (Lipinski definition) is 2. The number of amides is 1. The molecule has 5 nitrogen and oxygen atoms in total. The second-order valence-corrected chi connectivity index (χ2v) is 5.58. The Morgan fingerprint density at radius 3 is 2.70 bits per heavy atom. The summed E-state index contributed by atoms with van der Waals surface area (Å²) in [6.45, 7) is 6.90. The van der Waals surface area contributed by atoms with Gasteiger partial charge in [0.1, 0.15) is 5.60 Å². The van der Waals surface area contributed by atoms with Crippen LogP contribution in [0.15, 0.2) is 18.2 Å². The number of anilines is 1. The van der Waals surface area contributed by atoms with E-state index < -0.39 is 5.60 Å². The number of nitrogens with two attached hydrogens (primary N) is 1. The summed E-state index contributed by atoms with van der Waals surface area (Å²) in [6, 6.07) is 5.15. The van der Waals surface area contributed by atoms with Crippen LogP contribution < -0.4 is 10.5 Å². The lowest BCUT2D eigenvalue weighted by Crippen LogP contribution is -2.65. The highest BCUT2D eigenvalue weighted by Gasteiger charge is 2.46. The van der Waals surface area contributed by atoms with Crippen molar-refractivity contribution in [2.75, 3.05) is 25.4 Å². The largest absolute Gasteiger partial charge is 0.491 e. The number of carbonyl (C=O) groups is 1. The van der Waals surface area contributed by atoms with Crippen molar-refractivity contribution >= 4 is 11.6 Å². The van der Waals surface area contributed by atoms with E-state index in [9.17, 15) is 9.90 Å². The Morgan fingerprint density at radius 1 is 1.50 bits per heavy atom. The lowest BCUT2D eigenvalue weighted by Gasteiger charge is -2.49. The first kappa shape index (κ1) is 14.7. The minimum Gasteiger partial charge on any atom is -0.491 e. The van der Waals surface area contributed by atoms with Crippen LogP contribution >= 0.6 is 0 Å². The number of nitrogens with zero attached hydrogens (tertiary/aromatic N) is 1. The predicted molar refractivity (Wildman–Crippen MR) is 77.7 cm³/mol. The van der Waals surface area contributed by atoms with Gasteiger partial charge in [0.05, 0.1) is 30.9 Å². The summed E-state index contributed by atoms with van der Waals surface area (Å²) in [5.74, 6) is 0.407. The molecule has 1 heterocycles. The summed E-state index contributed by atoms with van der Waals surface area (Å²) < 4.78 is 5.47. The number of likely N-dealkylation sites (tertiary alicyclic amines) is 1. The van der Waals surface area contributed by atoms with E-state index in [1.54, 1.807) is 23.1 Å². The van der Waals surface area contributed by atoms with Gasteiger partial charge in [0.15, 0.2) is 5.75 Å². The third-order valence-electron chi connectivity index (χ3n) is 3.86. The molecule has 5 heteroatoms. The van der Waals surface area contributed by atoms with Crippen molar-refractivity contribution < 1.29 is 14.6 Å². The van der Waals surface area contributed by atoms with Crippen LogP contribution in [0.3, 0.4) is 0 Å². The maximum absolute atomic E-state index is 12.5. The molecule has 1 aliphatic heterocycles. The van der Waals surface area contributed by atoms with Crippen LogP contribution in [-0.4, -0.2) is 41.2 Å². The average Bonchev–Trinajstić information content (AvgIpc) is 2.36. The van der Waals surface area contributed by atoms with Gasteiger partial charge >= 0.3 is 0 Å². The van der Waals surface area contributed by atoms with Crippen molar-refractivity contribution in [2.45, 2.75) is 26.4 Å². The second kappa shape index (κ2) is 5.32. The van der Waals surface area contributed by atoms with Gasteiger partial charge in [-0.2, -0.15) is 0 Å². The summed E-state index contributed by atoms with van der Waals surface area (Å²) in [4.78, 5) is 14.1. The van der Waals surface area contributed by atoms with Crippen molar-refractivity contribution in [1.82, 2.24) is 4.90 Å². The van der Waals surface area contributed by atoms with E-state index in [0.29, 0.717) is 36.7 Å². The highest BCUT2D eigenvalue weighted by atomic mass is 16.5. The minimum absolute atomic E-state index is 0.124. The number of β-amino-alcohol motifs (C(OH)–C–C–N with tert-alkyl or cyclic N) is 1. The van der Waals surface area contributed by atoms with Crippen molar-refractivity contribution in [2.24, 2.45) is 5.92 Å². The summed E-state index contributed by atoms with van der Waals surface area (Å²) in [5.41, 5.74) is 6.00. The summed E-state index contributed by atoms with van der Waals surface area (Å²) in [7, 11) is 0. The second-order valence-electron chi connectivity index (χ2n) is 5.58. The van der Waals surface area contributed by atoms with Gasteiger partial charge in [0, 0.05) is 0 Å². The molecule has 0 radical (unpaired) electrons. The molecule has 0 spiro atoms. The van der Waals surface area contributed by atoms with E-state index in [0.717, 1.165) is 0 Å². The van der Waals surface area contributed by atoms with Gasteiger partial charge in [0.2, 0.25) is 0 Å². The molecular weight excluding hydrogens is 256 g/mol. The van der Waals surface area contributed by atoms with Crippen molar-refractivity contribution in [1.29, 1.82) is 0 Å². The molecule has 0 aliphatic carbocycles. The highest BCUT2D eigenvalue weighted by Crippen LogP contribution is 2.33. The Morgan fingerprint density at radius 2 is 2.15 bits per heavy atom. The Hall–Kier alpha value is -1.75. The molecule has 0 saturated carbocycles. The maximum atomic E-state index is 12.5. The number of carbonyl (C=O) groups excluding carboxylic acids is 1. The molecule has 0 atom stereocenters. The van der Waals surface area contributed by atoms with E-state index in [2.05, 4.69) is 0 Å². The zero-order valence-corrected chi connectivity index (χ0v) is 12.2. The van der Waals surface area contributed by atoms with E-state index in [1.165, 1.54) is 0 Å². The molecule has 1 aromatic rings. The molecule has 1 aromatic carbocycles. The maximum Gasteiger partial charge on any atom is 0.257 e. The number of aliphatic hydroxyl groups is 1. The zero-order chi connectivity index (χ0) is 14.9. The van der Waals surface area contributed by atoms with Crippen LogP contribution in [0.5, 0.6) is 5.75 Å². The third kappa shape index (κ3) is 2.45. The fourth-order valence-corrected chi connectivity index (χ4v) is 2.32. The Kier molecular flexibility index (Phi) is 3.90. The predicted octanol–water partition coefficient (Wildman–Crippen LogP) is 1.51. The number of rotatable bonds is 4. The lowest BCUT2D eigenvalue weighted by atomic mass is 9.82. The monoisotopic (exact) mass is 278 g/mol. The minimum atomic E-state index is -0.776. The highest BCUT2D eigenvalue weighted by molar-refractivity contribution is 5.99. The van der Waals surface area contributed by atoms with E-state index in [-0.39, 0.29) is 11.8 Å². The molecule has 2 rings (SSSR count). The first-order valence-electron chi connectivity index (χ1n) is 6.92. The van der Waals surface area contributed by atoms with E-state index >= 15 is 0 Å². The normalized spacial score (nSPS) is 16.9. The lowest BCUT2D eigenvalue weighted by molar-refractivity contribution is -0.110. The van der Waals surface area contributed by atoms with Gasteiger partial charge in [-0.25, -0.2) is 0 Å². The number of nitrogen functional groups attached to an aromatic ring is 1. The van der Waals surface area contributed by atoms with Crippen molar-refractivity contribution in [3.05, 3.63) is 23.8 Å². The van der Waals surface area contributed by atoms with Crippen molar-refractivity contribution in [3.8, 4) is 5.75 Å². The zero-order valence-electron chi connectivity index (χ0n) is 12.2. The Balaban J connectivity index is 2.18. The number of ether oxygens (including phenoxy) is 1. The summed E-state index contributed by atoms with van der Waals surface area (Å²) in [6.07, 6.45) is 0. The molecule has 3 N–H and O–H groups in total. The first-order valence-corrected chi connectivity index (χ1v) is 6.92. The van der Waals surface area contributed by atoms with Crippen LogP contribution in [0.1, 0.15) is 31.1 Å².